The lowest BCUT2D eigenvalue weighted by atomic mass is 9.88. The Morgan fingerprint density at radius 1 is 1.41 bits per heavy atom. The number of aromatic nitrogens is 3. The molecule has 1 aromatic rings. The van der Waals surface area contributed by atoms with Crippen LogP contribution in [0.3, 0.4) is 0 Å². The van der Waals surface area contributed by atoms with Gasteiger partial charge in [-0.05, 0) is 43.8 Å². The summed E-state index contributed by atoms with van der Waals surface area (Å²) in [7, 11) is 0. The second kappa shape index (κ2) is 6.91. The highest BCUT2D eigenvalue weighted by molar-refractivity contribution is 7.71. The van der Waals surface area contributed by atoms with Gasteiger partial charge in [0, 0.05) is 6.04 Å². The molecular formula is C15H24N4O2S. The number of hydrogen-bond donors (Lipinski definition) is 2. The number of hydrogen-bond acceptors (Lipinski definition) is 4. The van der Waals surface area contributed by atoms with Gasteiger partial charge in [0.2, 0.25) is 5.91 Å². The van der Waals surface area contributed by atoms with Crippen LogP contribution >= 0.6 is 12.2 Å². The molecule has 1 amide bonds. The van der Waals surface area contributed by atoms with Crippen molar-refractivity contribution in [3.05, 3.63) is 10.6 Å². The second-order valence-electron chi connectivity index (χ2n) is 6.43. The Kier molecular flexibility index (Phi) is 4.93. The van der Waals surface area contributed by atoms with Gasteiger partial charge >= 0.3 is 0 Å². The fourth-order valence-corrected chi connectivity index (χ4v) is 3.41. The maximum atomic E-state index is 12.0. The molecule has 6 nitrogen and oxygen atoms in total. The maximum Gasteiger partial charge on any atom is 0.246 e. The summed E-state index contributed by atoms with van der Waals surface area (Å²) in [5, 5.41) is 9.88. The maximum absolute atomic E-state index is 12.0. The Balaban J connectivity index is 1.45. The van der Waals surface area contributed by atoms with Crippen LogP contribution in [0.25, 0.3) is 0 Å². The minimum Gasteiger partial charge on any atom is -0.368 e. The first-order valence-electron chi connectivity index (χ1n) is 8.19. The Morgan fingerprint density at radius 3 is 2.91 bits per heavy atom. The Hall–Kier alpha value is -1.21. The summed E-state index contributed by atoms with van der Waals surface area (Å²) < 4.78 is 8.42. The van der Waals surface area contributed by atoms with Crippen molar-refractivity contribution >= 4 is 18.1 Å². The largest absolute Gasteiger partial charge is 0.368 e. The van der Waals surface area contributed by atoms with Crippen molar-refractivity contribution in [3.63, 3.8) is 0 Å². The zero-order chi connectivity index (χ0) is 15.5. The van der Waals surface area contributed by atoms with Crippen LogP contribution in [0.15, 0.2) is 0 Å². The number of carbonyl (C=O) groups is 1. The summed E-state index contributed by atoms with van der Waals surface area (Å²) in [6.45, 7) is 2.73. The molecule has 3 rings (SSSR count). The number of H-pyrrole nitrogens is 1. The summed E-state index contributed by atoms with van der Waals surface area (Å²) in [4.78, 5) is 12.0. The number of nitrogens with zero attached hydrogens (tertiary/aromatic N) is 2. The molecule has 0 aliphatic heterocycles. The molecule has 1 aromatic heterocycles. The second-order valence-corrected chi connectivity index (χ2v) is 6.82. The average Bonchev–Trinajstić information content (AvgIpc) is 3.27. The first-order chi connectivity index (χ1) is 10.6. The van der Waals surface area contributed by atoms with Crippen molar-refractivity contribution in [3.8, 4) is 0 Å². The van der Waals surface area contributed by atoms with Crippen LogP contribution < -0.4 is 5.32 Å². The number of amides is 1. The van der Waals surface area contributed by atoms with E-state index in [1.807, 2.05) is 4.57 Å². The molecule has 1 heterocycles. The van der Waals surface area contributed by atoms with Gasteiger partial charge in [-0.1, -0.05) is 19.8 Å². The van der Waals surface area contributed by atoms with Gasteiger partial charge in [-0.15, -0.1) is 0 Å². The third-order valence-corrected chi connectivity index (χ3v) is 4.88. The zero-order valence-corrected chi connectivity index (χ0v) is 13.8. The van der Waals surface area contributed by atoms with Gasteiger partial charge in [0.25, 0.3) is 0 Å². The predicted octanol–water partition coefficient (Wildman–Crippen LogP) is 2.49. The van der Waals surface area contributed by atoms with Gasteiger partial charge in [-0.3, -0.25) is 14.5 Å². The van der Waals surface area contributed by atoms with E-state index >= 15 is 0 Å². The summed E-state index contributed by atoms with van der Waals surface area (Å²) in [5.74, 6) is 1.26. The van der Waals surface area contributed by atoms with E-state index in [0.29, 0.717) is 23.3 Å². The highest BCUT2D eigenvalue weighted by Crippen LogP contribution is 2.35. The van der Waals surface area contributed by atoms with Gasteiger partial charge in [0.15, 0.2) is 10.6 Å². The van der Waals surface area contributed by atoms with Gasteiger partial charge < -0.3 is 10.1 Å². The lowest BCUT2D eigenvalue weighted by molar-refractivity contribution is -0.129. The van der Waals surface area contributed by atoms with Crippen LogP contribution in [-0.4, -0.2) is 33.4 Å². The summed E-state index contributed by atoms with van der Waals surface area (Å²) in [6, 6.07) is 0.456. The molecule has 0 aromatic carbocycles. The normalized spacial score (nSPS) is 25.1. The molecule has 0 bridgehead atoms. The number of aromatic amines is 1. The highest BCUT2D eigenvalue weighted by atomic mass is 32.1. The molecule has 2 fully saturated rings. The van der Waals surface area contributed by atoms with Crippen molar-refractivity contribution in [2.24, 2.45) is 5.92 Å². The lowest BCUT2D eigenvalue weighted by Gasteiger charge is -2.28. The van der Waals surface area contributed by atoms with Crippen LogP contribution in [0.2, 0.25) is 0 Å². The van der Waals surface area contributed by atoms with E-state index in [2.05, 4.69) is 22.4 Å². The van der Waals surface area contributed by atoms with Crippen LogP contribution in [-0.2, 0) is 16.1 Å². The molecule has 2 saturated carbocycles. The van der Waals surface area contributed by atoms with E-state index in [9.17, 15) is 4.79 Å². The minimum atomic E-state index is -0.0889. The van der Waals surface area contributed by atoms with Gasteiger partial charge in [-0.25, -0.2) is 0 Å². The Labute approximate surface area is 135 Å². The van der Waals surface area contributed by atoms with E-state index in [0.717, 1.165) is 25.1 Å². The molecule has 2 N–H and O–H groups in total. The number of carbonyl (C=O) groups excluding carboxylic acids is 1. The summed E-state index contributed by atoms with van der Waals surface area (Å²) >= 11 is 5.23. The molecule has 0 saturated heterocycles. The van der Waals surface area contributed by atoms with E-state index in [1.165, 1.54) is 19.3 Å². The number of nitrogens with one attached hydrogen (secondary N) is 2. The number of rotatable bonds is 6. The van der Waals surface area contributed by atoms with E-state index < -0.39 is 0 Å². The lowest BCUT2D eigenvalue weighted by Crippen LogP contribution is -2.33. The SMILES string of the molecule is C[C@H]1CCCC[C@@H]1OCC(=O)NCc1n[nH]c(=S)n1C1CC1. The van der Waals surface area contributed by atoms with Gasteiger partial charge in [0.1, 0.15) is 6.61 Å². The smallest absolute Gasteiger partial charge is 0.246 e. The number of ether oxygens (including phenoxy) is 1. The van der Waals surface area contributed by atoms with E-state index in [4.69, 9.17) is 17.0 Å². The van der Waals surface area contributed by atoms with Crippen LogP contribution in [0.4, 0.5) is 0 Å². The molecule has 2 aliphatic carbocycles. The molecule has 7 heteroatoms. The fraction of sp³-hybridized carbons (Fsp3) is 0.800. The predicted molar refractivity (Wildman–Crippen MR) is 84.9 cm³/mol. The van der Waals surface area contributed by atoms with Crippen molar-refractivity contribution in [2.75, 3.05) is 6.61 Å². The summed E-state index contributed by atoms with van der Waals surface area (Å²) in [5.41, 5.74) is 0. The molecule has 0 radical (unpaired) electrons. The topological polar surface area (TPSA) is 71.9 Å². The fourth-order valence-electron chi connectivity index (χ4n) is 3.11. The molecule has 0 spiro atoms. The Morgan fingerprint density at radius 2 is 2.18 bits per heavy atom. The molecule has 2 atom stereocenters. The standard InChI is InChI=1S/C15H24N4O2S/c1-10-4-2-3-5-12(10)21-9-14(20)16-8-13-17-18-15(22)19(13)11-6-7-11/h10-12H,2-9H2,1H3,(H,16,20)(H,18,22)/t10-,12-/m0/s1. The van der Waals surface area contributed by atoms with Crippen LogP contribution in [0.5, 0.6) is 0 Å². The first-order valence-corrected chi connectivity index (χ1v) is 8.60. The summed E-state index contributed by atoms with van der Waals surface area (Å²) in [6.07, 6.45) is 7.23. The van der Waals surface area contributed by atoms with Crippen molar-refractivity contribution in [1.29, 1.82) is 0 Å². The third kappa shape index (κ3) is 3.76. The monoisotopic (exact) mass is 324 g/mol. The van der Waals surface area contributed by atoms with Crippen LogP contribution in [0.1, 0.15) is 57.3 Å². The minimum absolute atomic E-state index is 0.0889. The van der Waals surface area contributed by atoms with E-state index in [-0.39, 0.29) is 18.6 Å². The third-order valence-electron chi connectivity index (χ3n) is 4.59. The molecule has 22 heavy (non-hydrogen) atoms. The Bertz CT molecular complexity index is 578. The average molecular weight is 324 g/mol. The first kappa shape index (κ1) is 15.7. The highest BCUT2D eigenvalue weighted by Gasteiger charge is 2.27. The van der Waals surface area contributed by atoms with Crippen molar-refractivity contribution < 1.29 is 9.53 Å². The van der Waals surface area contributed by atoms with Crippen LogP contribution in [0, 0.1) is 10.7 Å². The quantitative estimate of drug-likeness (QED) is 0.789. The van der Waals surface area contributed by atoms with E-state index in [1.54, 1.807) is 0 Å². The van der Waals surface area contributed by atoms with Crippen molar-refractivity contribution in [1.82, 2.24) is 20.1 Å². The molecule has 2 aliphatic rings. The van der Waals surface area contributed by atoms with Gasteiger partial charge in [0.05, 0.1) is 12.6 Å². The molecule has 0 unspecified atom stereocenters. The molecule has 122 valence electrons. The molecular weight excluding hydrogens is 300 g/mol. The zero-order valence-electron chi connectivity index (χ0n) is 13.0. The van der Waals surface area contributed by atoms with Gasteiger partial charge in [-0.2, -0.15) is 5.10 Å². The van der Waals surface area contributed by atoms with Crippen molar-refractivity contribution in [2.45, 2.75) is 64.1 Å².